The van der Waals surface area contributed by atoms with Crippen LogP contribution in [-0.2, 0) is 14.8 Å². The van der Waals surface area contributed by atoms with Crippen LogP contribution in [0.1, 0.15) is 25.0 Å². The number of hydrogen-bond donors (Lipinski definition) is 1. The van der Waals surface area contributed by atoms with Crippen LogP contribution in [0.4, 0.5) is 5.69 Å². The monoisotopic (exact) mass is 459 g/mol. The second-order valence-electron chi connectivity index (χ2n) is 7.17. The molecule has 3 rings (SSSR count). The molecule has 2 aromatic rings. The lowest BCUT2D eigenvalue weighted by molar-refractivity contribution is -0.119. The first kappa shape index (κ1) is 22.8. The number of aromatic hydroxyl groups is 1. The number of nitrogens with zero attached hydrogens (tertiary/aromatic N) is 3. The van der Waals surface area contributed by atoms with Gasteiger partial charge in [-0.15, -0.1) is 0 Å². The van der Waals surface area contributed by atoms with Crippen molar-refractivity contribution in [2.24, 2.45) is 0 Å². The molecule has 0 bridgehead atoms. The molecule has 0 saturated carbocycles. The molecule has 0 spiro atoms. The Morgan fingerprint density at radius 1 is 1.10 bits per heavy atom. The first-order chi connectivity index (χ1) is 14.6. The molecule has 0 atom stereocenters. The fourth-order valence-electron chi connectivity index (χ4n) is 3.35. The van der Waals surface area contributed by atoms with Crippen molar-refractivity contribution in [2.75, 3.05) is 25.0 Å². The highest BCUT2D eigenvalue weighted by molar-refractivity contribution is 7.92. The molecular formula is C22H25N3O4S2. The number of carbonyl (C=O) groups excluding carboxylic acids is 1. The Bertz CT molecular complexity index is 1150. The number of amides is 1. The molecule has 31 heavy (non-hydrogen) atoms. The Kier molecular flexibility index (Phi) is 6.38. The molecule has 1 amide bonds. The lowest BCUT2D eigenvalue weighted by Gasteiger charge is -2.21. The van der Waals surface area contributed by atoms with Gasteiger partial charge in [0.25, 0.3) is 15.9 Å². The minimum Gasteiger partial charge on any atom is -0.507 e. The van der Waals surface area contributed by atoms with Gasteiger partial charge in [0, 0.05) is 37.5 Å². The third-order valence-corrected chi connectivity index (χ3v) is 7.48. The van der Waals surface area contributed by atoms with Crippen LogP contribution in [0.25, 0.3) is 6.08 Å². The van der Waals surface area contributed by atoms with Crippen LogP contribution in [-0.4, -0.2) is 53.9 Å². The molecule has 0 aliphatic carbocycles. The van der Waals surface area contributed by atoms with Gasteiger partial charge in [-0.1, -0.05) is 17.7 Å². The third-order valence-electron chi connectivity index (χ3n) is 5.22. The van der Waals surface area contributed by atoms with Crippen LogP contribution in [0.15, 0.2) is 53.1 Å². The van der Waals surface area contributed by atoms with Crippen molar-refractivity contribution in [2.45, 2.75) is 25.7 Å². The van der Waals surface area contributed by atoms with Gasteiger partial charge in [0.05, 0.1) is 4.90 Å². The summed E-state index contributed by atoms with van der Waals surface area (Å²) in [4.78, 5) is 16.4. The first-order valence-corrected chi connectivity index (χ1v) is 11.7. The minimum absolute atomic E-state index is 0.0103. The second-order valence-corrected chi connectivity index (χ2v) is 9.33. The quantitative estimate of drug-likeness (QED) is 0.524. The van der Waals surface area contributed by atoms with E-state index in [2.05, 4.69) is 4.90 Å². The predicted octanol–water partition coefficient (Wildman–Crippen LogP) is 3.34. The van der Waals surface area contributed by atoms with E-state index in [0.717, 1.165) is 24.3 Å². The molecule has 1 aliphatic heterocycles. The zero-order valence-electron chi connectivity index (χ0n) is 17.9. The molecule has 9 heteroatoms. The number of phenols is 1. The molecule has 1 saturated heterocycles. The number of sulfonamides is 1. The molecule has 0 aromatic heterocycles. The second kappa shape index (κ2) is 8.68. The zero-order valence-corrected chi connectivity index (χ0v) is 19.5. The zero-order chi connectivity index (χ0) is 22.9. The summed E-state index contributed by atoms with van der Waals surface area (Å²) in [7, 11) is -2.63. The van der Waals surface area contributed by atoms with E-state index in [9.17, 15) is 18.3 Å². The van der Waals surface area contributed by atoms with E-state index in [1.54, 1.807) is 24.3 Å². The highest BCUT2D eigenvalue weighted by Gasteiger charge is 2.44. The molecular weight excluding hydrogens is 434 g/mol. The van der Waals surface area contributed by atoms with Gasteiger partial charge in [-0.25, -0.2) is 8.42 Å². The number of benzene rings is 2. The molecule has 1 N–H and O–H groups in total. The maximum Gasteiger partial charge on any atom is 0.290 e. The van der Waals surface area contributed by atoms with E-state index in [4.69, 9.17) is 12.2 Å². The number of hydrogen-bond acceptors (Lipinski definition) is 6. The lowest BCUT2D eigenvalue weighted by Crippen LogP contribution is -2.37. The SMILES string of the molecule is CCN(CC)c1ccc(C=C2C(=O)N(S(=O)(=O)c3ccc(C)cc3)C(=S)N2C)c(O)c1. The molecule has 2 aromatic carbocycles. The number of carbonyl (C=O) groups is 1. The average molecular weight is 460 g/mol. The van der Waals surface area contributed by atoms with Crippen molar-refractivity contribution < 1.29 is 18.3 Å². The van der Waals surface area contributed by atoms with Crippen molar-refractivity contribution >= 4 is 45.0 Å². The summed E-state index contributed by atoms with van der Waals surface area (Å²) in [6.45, 7) is 7.46. The van der Waals surface area contributed by atoms with Crippen LogP contribution in [0, 0.1) is 6.92 Å². The van der Waals surface area contributed by atoms with Gasteiger partial charge >= 0.3 is 0 Å². The minimum atomic E-state index is -4.16. The van der Waals surface area contributed by atoms with E-state index < -0.39 is 15.9 Å². The Morgan fingerprint density at radius 2 is 1.71 bits per heavy atom. The van der Waals surface area contributed by atoms with Gasteiger partial charge in [-0.05, 0) is 63.3 Å². The Hall–Kier alpha value is -2.91. The number of likely N-dealkylation sites (N-methyl/N-ethyl adjacent to an activating group) is 1. The van der Waals surface area contributed by atoms with Gasteiger partial charge in [0.1, 0.15) is 11.4 Å². The van der Waals surface area contributed by atoms with Gasteiger partial charge in [-0.3, -0.25) is 4.79 Å². The van der Waals surface area contributed by atoms with E-state index in [1.807, 2.05) is 26.8 Å². The highest BCUT2D eigenvalue weighted by atomic mass is 32.2. The van der Waals surface area contributed by atoms with Crippen molar-refractivity contribution in [1.82, 2.24) is 9.21 Å². The molecule has 1 aliphatic rings. The summed E-state index contributed by atoms with van der Waals surface area (Å²) in [6.07, 6.45) is 1.45. The van der Waals surface area contributed by atoms with Crippen molar-refractivity contribution in [3.63, 3.8) is 0 Å². The largest absolute Gasteiger partial charge is 0.507 e. The summed E-state index contributed by atoms with van der Waals surface area (Å²) in [5, 5.41) is 10.4. The van der Waals surface area contributed by atoms with Gasteiger partial charge in [0.2, 0.25) is 0 Å². The fraction of sp³-hybridized carbons (Fsp3) is 0.273. The Balaban J connectivity index is 1.99. The molecule has 7 nitrogen and oxygen atoms in total. The van der Waals surface area contributed by atoms with Crippen LogP contribution in [0.3, 0.4) is 0 Å². The molecule has 164 valence electrons. The average Bonchev–Trinajstić information content (AvgIpc) is 2.94. The van der Waals surface area contributed by atoms with Crippen LogP contribution < -0.4 is 4.90 Å². The molecule has 1 fully saturated rings. The third kappa shape index (κ3) is 4.15. The standard InChI is InChI=1S/C22H25N3O4S2/c1-5-24(6-2)17-10-9-16(20(26)14-17)13-19-21(27)25(22(30)23(19)4)31(28,29)18-11-7-15(3)8-12-18/h7-14,26H,5-6H2,1-4H3. The Morgan fingerprint density at radius 3 is 2.26 bits per heavy atom. The van der Waals surface area contributed by atoms with Gasteiger partial charge in [-0.2, -0.15) is 4.31 Å². The van der Waals surface area contributed by atoms with Crippen LogP contribution in [0.2, 0.25) is 0 Å². The number of anilines is 1. The Labute approximate surface area is 188 Å². The molecule has 1 heterocycles. The lowest BCUT2D eigenvalue weighted by atomic mass is 10.1. The van der Waals surface area contributed by atoms with E-state index in [-0.39, 0.29) is 21.5 Å². The van der Waals surface area contributed by atoms with E-state index >= 15 is 0 Å². The first-order valence-electron chi connectivity index (χ1n) is 9.85. The summed E-state index contributed by atoms with van der Waals surface area (Å²) in [5.74, 6) is -0.774. The van der Waals surface area contributed by atoms with E-state index in [1.165, 1.54) is 30.2 Å². The fourth-order valence-corrected chi connectivity index (χ4v) is 5.15. The normalized spacial score (nSPS) is 15.8. The smallest absolute Gasteiger partial charge is 0.290 e. The maximum absolute atomic E-state index is 13.1. The van der Waals surface area contributed by atoms with Gasteiger partial charge < -0.3 is 14.9 Å². The van der Waals surface area contributed by atoms with Crippen LogP contribution in [0.5, 0.6) is 5.75 Å². The summed E-state index contributed by atoms with van der Waals surface area (Å²) >= 11 is 5.27. The maximum atomic E-state index is 13.1. The number of thiocarbonyl (C=S) groups is 1. The molecule has 0 radical (unpaired) electrons. The number of aryl methyl sites for hydroxylation is 1. The van der Waals surface area contributed by atoms with Crippen LogP contribution >= 0.6 is 12.2 Å². The predicted molar refractivity (Wildman–Crippen MR) is 125 cm³/mol. The highest BCUT2D eigenvalue weighted by Crippen LogP contribution is 2.31. The summed E-state index contributed by atoms with van der Waals surface area (Å²) in [6, 6.07) is 11.4. The summed E-state index contributed by atoms with van der Waals surface area (Å²) in [5.41, 5.74) is 2.21. The molecule has 0 unspecified atom stereocenters. The van der Waals surface area contributed by atoms with Gasteiger partial charge in [0.15, 0.2) is 5.11 Å². The van der Waals surface area contributed by atoms with Crippen molar-refractivity contribution in [1.29, 1.82) is 0 Å². The van der Waals surface area contributed by atoms with E-state index in [0.29, 0.717) is 9.87 Å². The van der Waals surface area contributed by atoms with Crippen molar-refractivity contribution in [3.05, 3.63) is 59.3 Å². The topological polar surface area (TPSA) is 81.2 Å². The summed E-state index contributed by atoms with van der Waals surface area (Å²) < 4.78 is 26.8. The van der Waals surface area contributed by atoms with Crippen molar-refractivity contribution in [3.8, 4) is 5.75 Å². The number of phenolic OH excluding ortho intramolecular Hbond substituents is 1. The number of rotatable bonds is 6.